The molecule has 2 heterocycles. The minimum Gasteiger partial charge on any atom is -0.497 e. The van der Waals surface area contributed by atoms with Crippen LogP contribution in [0.25, 0.3) is 17.2 Å². The highest BCUT2D eigenvalue weighted by Gasteiger charge is 2.26. The van der Waals surface area contributed by atoms with Gasteiger partial charge < -0.3 is 9.57 Å². The Morgan fingerprint density at radius 1 is 0.889 bits per heavy atom. The van der Waals surface area contributed by atoms with E-state index < -0.39 is 5.97 Å². The molecule has 0 bridgehead atoms. The zero-order chi connectivity index (χ0) is 18.6. The largest absolute Gasteiger partial charge is 0.497 e. The summed E-state index contributed by atoms with van der Waals surface area (Å²) in [7, 11) is 1.60. The second kappa shape index (κ2) is 7.21. The van der Waals surface area contributed by atoms with Crippen molar-refractivity contribution in [1.82, 2.24) is 9.97 Å². The van der Waals surface area contributed by atoms with E-state index in [2.05, 4.69) is 15.1 Å². The predicted molar refractivity (Wildman–Crippen MR) is 101 cm³/mol. The third kappa shape index (κ3) is 3.46. The van der Waals surface area contributed by atoms with Crippen molar-refractivity contribution in [2.24, 2.45) is 5.16 Å². The predicted octanol–water partition coefficient (Wildman–Crippen LogP) is 3.50. The number of benzene rings is 2. The number of hydrogen-bond donors (Lipinski definition) is 0. The normalized spacial score (nSPS) is 14.8. The van der Waals surface area contributed by atoms with Gasteiger partial charge in [-0.05, 0) is 41.5 Å². The van der Waals surface area contributed by atoms with Crippen molar-refractivity contribution in [3.05, 3.63) is 84.0 Å². The fraction of sp³-hybridized carbons (Fsp3) is 0.0476. The van der Waals surface area contributed by atoms with Crippen LogP contribution < -0.4 is 4.74 Å². The molecule has 27 heavy (non-hydrogen) atoms. The molecule has 0 fully saturated rings. The third-order valence-electron chi connectivity index (χ3n) is 4.17. The van der Waals surface area contributed by atoms with Crippen molar-refractivity contribution in [3.63, 3.8) is 0 Å². The van der Waals surface area contributed by atoms with Gasteiger partial charge in [-0.2, -0.15) is 0 Å². The molecule has 4 rings (SSSR count). The molecule has 0 N–H and O–H groups in total. The average molecular weight is 357 g/mol. The first-order valence-electron chi connectivity index (χ1n) is 8.26. The molecular formula is C21H15N3O3. The van der Waals surface area contributed by atoms with Gasteiger partial charge in [0, 0.05) is 23.5 Å². The van der Waals surface area contributed by atoms with Gasteiger partial charge in [-0.15, -0.1) is 0 Å². The van der Waals surface area contributed by atoms with E-state index in [-0.39, 0.29) is 0 Å². The van der Waals surface area contributed by atoms with Crippen LogP contribution in [-0.2, 0) is 9.63 Å². The lowest BCUT2D eigenvalue weighted by Crippen LogP contribution is -2.06. The first kappa shape index (κ1) is 16.7. The lowest BCUT2D eigenvalue weighted by Gasteiger charge is -2.04. The molecule has 6 heteroatoms. The Morgan fingerprint density at radius 2 is 1.56 bits per heavy atom. The average Bonchev–Trinajstić information content (AvgIpc) is 3.09. The molecule has 6 nitrogen and oxygen atoms in total. The summed E-state index contributed by atoms with van der Waals surface area (Å²) in [5.74, 6) is 0.261. The summed E-state index contributed by atoms with van der Waals surface area (Å²) in [6.07, 6.45) is 6.77. The fourth-order valence-corrected chi connectivity index (χ4v) is 2.75. The van der Waals surface area contributed by atoms with Crippen molar-refractivity contribution in [1.29, 1.82) is 0 Å². The third-order valence-corrected chi connectivity index (χ3v) is 4.17. The highest BCUT2D eigenvalue weighted by molar-refractivity contribution is 6.31. The van der Waals surface area contributed by atoms with E-state index in [1.807, 2.05) is 48.5 Å². The van der Waals surface area contributed by atoms with Crippen LogP contribution in [0.15, 0.2) is 78.0 Å². The topological polar surface area (TPSA) is 73.7 Å². The Kier molecular flexibility index (Phi) is 4.45. The van der Waals surface area contributed by atoms with Crippen LogP contribution in [0.2, 0.25) is 0 Å². The number of carbonyl (C=O) groups excluding carboxylic acids is 1. The Balaban J connectivity index is 1.63. The number of nitrogens with zero attached hydrogens (tertiary/aromatic N) is 3. The molecule has 0 radical (unpaired) electrons. The summed E-state index contributed by atoms with van der Waals surface area (Å²) in [4.78, 5) is 25.1. The highest BCUT2D eigenvalue weighted by Crippen LogP contribution is 2.24. The van der Waals surface area contributed by atoms with Gasteiger partial charge in [-0.3, -0.25) is 0 Å². The maximum Gasteiger partial charge on any atom is 0.368 e. The van der Waals surface area contributed by atoms with Crippen LogP contribution in [-0.4, -0.2) is 28.8 Å². The van der Waals surface area contributed by atoms with E-state index in [4.69, 9.17) is 9.57 Å². The number of carbonyl (C=O) groups is 1. The van der Waals surface area contributed by atoms with Crippen molar-refractivity contribution in [2.45, 2.75) is 0 Å². The van der Waals surface area contributed by atoms with E-state index in [9.17, 15) is 4.79 Å². The van der Waals surface area contributed by atoms with Gasteiger partial charge in [0.25, 0.3) is 0 Å². The maximum atomic E-state index is 12.1. The smallest absolute Gasteiger partial charge is 0.368 e. The van der Waals surface area contributed by atoms with E-state index in [1.165, 1.54) is 6.33 Å². The molecule has 0 saturated heterocycles. The Labute approximate surface area is 155 Å². The lowest BCUT2D eigenvalue weighted by atomic mass is 9.99. The number of ether oxygens (including phenoxy) is 1. The molecule has 0 spiro atoms. The van der Waals surface area contributed by atoms with Crippen LogP contribution in [0.3, 0.4) is 0 Å². The van der Waals surface area contributed by atoms with Crippen LogP contribution in [0.1, 0.15) is 11.1 Å². The molecular weight excluding hydrogens is 342 g/mol. The number of oxime groups is 1. The van der Waals surface area contributed by atoms with Crippen molar-refractivity contribution >= 4 is 17.8 Å². The number of methoxy groups -OCH3 is 1. The molecule has 1 aromatic heterocycles. The minimum atomic E-state index is -0.471. The number of rotatable bonds is 4. The Hall–Kier alpha value is -3.80. The van der Waals surface area contributed by atoms with Crippen LogP contribution in [0, 0.1) is 0 Å². The molecule has 2 aromatic carbocycles. The van der Waals surface area contributed by atoms with Gasteiger partial charge in [0.2, 0.25) is 0 Å². The van der Waals surface area contributed by atoms with Gasteiger partial charge in [0.1, 0.15) is 17.8 Å². The first-order valence-corrected chi connectivity index (χ1v) is 8.26. The zero-order valence-electron chi connectivity index (χ0n) is 14.5. The van der Waals surface area contributed by atoms with E-state index in [0.717, 1.165) is 28.0 Å². The van der Waals surface area contributed by atoms with Crippen LogP contribution in [0.5, 0.6) is 5.75 Å². The molecule has 0 amide bonds. The van der Waals surface area contributed by atoms with E-state index in [0.29, 0.717) is 11.3 Å². The summed E-state index contributed by atoms with van der Waals surface area (Å²) in [5, 5.41) is 3.93. The van der Waals surface area contributed by atoms with Gasteiger partial charge in [-0.25, -0.2) is 14.8 Å². The van der Waals surface area contributed by atoms with Gasteiger partial charge in [0.15, 0.2) is 0 Å². The minimum absolute atomic E-state index is 0.413. The second-order valence-corrected chi connectivity index (χ2v) is 5.85. The van der Waals surface area contributed by atoms with Crippen molar-refractivity contribution < 1.29 is 14.4 Å². The molecule has 0 aliphatic carbocycles. The summed E-state index contributed by atoms with van der Waals surface area (Å²) < 4.78 is 5.16. The Morgan fingerprint density at radius 3 is 2.22 bits per heavy atom. The number of aromatic nitrogens is 2. The SMILES string of the molecule is COc1ccc(C2=NOC(=O)/C2=C\c2ccc(-c3cncnc3)cc2)cc1. The van der Waals surface area contributed by atoms with Gasteiger partial charge in [0.05, 0.1) is 12.7 Å². The molecule has 1 aliphatic heterocycles. The summed E-state index contributed by atoms with van der Waals surface area (Å²) in [6, 6.07) is 15.1. The maximum absolute atomic E-state index is 12.1. The molecule has 1 aliphatic rings. The molecule has 0 unspecified atom stereocenters. The monoisotopic (exact) mass is 357 g/mol. The molecule has 3 aromatic rings. The molecule has 0 atom stereocenters. The standard InChI is InChI=1S/C21H15N3O3/c1-26-18-8-6-16(7-9-18)20-19(21(25)27-24-20)10-14-2-4-15(5-3-14)17-11-22-13-23-12-17/h2-13H,1H3/b19-10-. The molecule has 0 saturated carbocycles. The lowest BCUT2D eigenvalue weighted by molar-refractivity contribution is -0.136. The van der Waals surface area contributed by atoms with Crippen molar-refractivity contribution in [2.75, 3.05) is 7.11 Å². The van der Waals surface area contributed by atoms with Gasteiger partial charge >= 0.3 is 5.97 Å². The fourth-order valence-electron chi connectivity index (χ4n) is 2.75. The molecule has 132 valence electrons. The quantitative estimate of drug-likeness (QED) is 0.528. The van der Waals surface area contributed by atoms with Crippen LogP contribution in [0.4, 0.5) is 0 Å². The first-order chi connectivity index (χ1) is 13.2. The summed E-state index contributed by atoms with van der Waals surface area (Å²) in [5.41, 5.74) is 4.49. The summed E-state index contributed by atoms with van der Waals surface area (Å²) >= 11 is 0. The van der Waals surface area contributed by atoms with Gasteiger partial charge in [-0.1, -0.05) is 29.4 Å². The van der Waals surface area contributed by atoms with Crippen molar-refractivity contribution in [3.8, 4) is 16.9 Å². The summed E-state index contributed by atoms with van der Waals surface area (Å²) in [6.45, 7) is 0. The van der Waals surface area contributed by atoms with E-state index >= 15 is 0 Å². The Bertz CT molecular complexity index is 1020. The van der Waals surface area contributed by atoms with E-state index in [1.54, 1.807) is 25.6 Å². The van der Waals surface area contributed by atoms with Crippen LogP contribution >= 0.6 is 0 Å². The number of hydrogen-bond acceptors (Lipinski definition) is 6. The second-order valence-electron chi connectivity index (χ2n) is 5.85. The zero-order valence-corrected chi connectivity index (χ0v) is 14.5. The highest BCUT2D eigenvalue weighted by atomic mass is 16.7.